The lowest BCUT2D eigenvalue weighted by Crippen LogP contribution is -2.07. The summed E-state index contributed by atoms with van der Waals surface area (Å²) < 4.78 is 12.4. The minimum Gasteiger partial charge on any atom is -0.497 e. The number of aldehydes is 1. The molecule has 22 heavy (non-hydrogen) atoms. The maximum absolute atomic E-state index is 11.1. The van der Waals surface area contributed by atoms with Crippen LogP contribution in [0.15, 0.2) is 35.8 Å². The Bertz CT molecular complexity index is 770. The second kappa shape index (κ2) is 6.35. The van der Waals surface area contributed by atoms with Crippen molar-refractivity contribution in [2.75, 3.05) is 7.11 Å². The van der Waals surface area contributed by atoms with E-state index in [2.05, 4.69) is 15.3 Å². The Morgan fingerprint density at radius 2 is 2.23 bits per heavy atom. The number of aromatic nitrogens is 4. The van der Waals surface area contributed by atoms with Gasteiger partial charge in [0, 0.05) is 17.6 Å². The van der Waals surface area contributed by atoms with Crippen molar-refractivity contribution in [3.63, 3.8) is 0 Å². The van der Waals surface area contributed by atoms with Gasteiger partial charge < -0.3 is 9.47 Å². The quantitative estimate of drug-likeness (QED) is 0.648. The summed E-state index contributed by atoms with van der Waals surface area (Å²) in [6.07, 6.45) is 2.32. The fourth-order valence-electron chi connectivity index (χ4n) is 1.86. The van der Waals surface area contributed by atoms with Gasteiger partial charge in [0.25, 0.3) is 0 Å². The van der Waals surface area contributed by atoms with Crippen molar-refractivity contribution in [2.45, 2.75) is 6.61 Å². The molecular formula is C14H12N4O3S. The van der Waals surface area contributed by atoms with Gasteiger partial charge in [0.2, 0.25) is 5.13 Å². The Morgan fingerprint density at radius 3 is 2.95 bits per heavy atom. The lowest BCUT2D eigenvalue weighted by Gasteiger charge is -2.08. The summed E-state index contributed by atoms with van der Waals surface area (Å²) in [5.74, 6) is 1.32. The first-order valence-electron chi connectivity index (χ1n) is 6.38. The van der Waals surface area contributed by atoms with Crippen molar-refractivity contribution in [3.8, 4) is 16.6 Å². The molecule has 0 atom stereocenters. The lowest BCUT2D eigenvalue weighted by molar-refractivity contribution is 0.111. The van der Waals surface area contributed by atoms with Crippen molar-refractivity contribution in [1.29, 1.82) is 0 Å². The molecule has 0 aliphatic rings. The number of thiazole rings is 1. The molecule has 2 heterocycles. The molecule has 7 nitrogen and oxygen atoms in total. The van der Waals surface area contributed by atoms with E-state index in [0.717, 1.165) is 0 Å². The average molecular weight is 316 g/mol. The highest BCUT2D eigenvalue weighted by Gasteiger charge is 2.16. The zero-order valence-corrected chi connectivity index (χ0v) is 12.5. The molecule has 0 bridgehead atoms. The normalized spacial score (nSPS) is 10.4. The van der Waals surface area contributed by atoms with Gasteiger partial charge >= 0.3 is 0 Å². The number of ether oxygens (including phenoxy) is 2. The number of benzene rings is 1. The Balaban J connectivity index is 1.85. The van der Waals surface area contributed by atoms with Crippen LogP contribution in [0.25, 0.3) is 5.13 Å². The molecule has 0 aliphatic heterocycles. The van der Waals surface area contributed by atoms with Crippen LogP contribution in [0.2, 0.25) is 0 Å². The van der Waals surface area contributed by atoms with Gasteiger partial charge in [-0.1, -0.05) is 11.3 Å². The number of hydrogen-bond donors (Lipinski definition) is 0. The van der Waals surface area contributed by atoms with Crippen LogP contribution < -0.4 is 9.47 Å². The molecule has 3 rings (SSSR count). The summed E-state index contributed by atoms with van der Waals surface area (Å²) in [4.78, 5) is 15.3. The van der Waals surface area contributed by atoms with Crippen molar-refractivity contribution in [1.82, 2.24) is 20.0 Å². The smallest absolute Gasteiger partial charge is 0.212 e. The van der Waals surface area contributed by atoms with Crippen LogP contribution in [-0.2, 0) is 6.61 Å². The topological polar surface area (TPSA) is 79.1 Å². The molecule has 2 aromatic heterocycles. The highest BCUT2D eigenvalue weighted by Crippen LogP contribution is 2.21. The van der Waals surface area contributed by atoms with Crippen molar-refractivity contribution in [2.24, 2.45) is 0 Å². The Kier molecular flexibility index (Phi) is 4.10. The molecule has 0 amide bonds. The van der Waals surface area contributed by atoms with Crippen LogP contribution in [0.1, 0.15) is 16.2 Å². The van der Waals surface area contributed by atoms with Gasteiger partial charge in [0.15, 0.2) is 12.0 Å². The number of carbonyl (C=O) groups is 1. The van der Waals surface area contributed by atoms with E-state index in [1.807, 2.05) is 17.5 Å². The van der Waals surface area contributed by atoms with Crippen LogP contribution in [0.4, 0.5) is 0 Å². The molecule has 8 heteroatoms. The summed E-state index contributed by atoms with van der Waals surface area (Å²) in [5, 5.41) is 10.3. The van der Waals surface area contributed by atoms with Gasteiger partial charge in [-0.15, -0.1) is 16.4 Å². The summed E-state index contributed by atoms with van der Waals surface area (Å²) in [6, 6.07) is 7.22. The second-order valence-corrected chi connectivity index (χ2v) is 5.11. The molecule has 0 saturated heterocycles. The molecule has 0 aliphatic carbocycles. The van der Waals surface area contributed by atoms with Crippen LogP contribution in [-0.4, -0.2) is 33.4 Å². The largest absolute Gasteiger partial charge is 0.497 e. The SMILES string of the molecule is COc1cccc(OCc2c(C=O)nnn2-c2nccs2)c1. The van der Waals surface area contributed by atoms with Gasteiger partial charge in [-0.05, 0) is 12.1 Å². The summed E-state index contributed by atoms with van der Waals surface area (Å²) in [7, 11) is 1.59. The van der Waals surface area contributed by atoms with E-state index in [1.165, 1.54) is 16.0 Å². The Labute approximate surface area is 130 Å². The maximum atomic E-state index is 11.1. The second-order valence-electron chi connectivity index (χ2n) is 4.23. The predicted octanol–water partition coefficient (Wildman–Crippen LogP) is 2.12. The predicted molar refractivity (Wildman–Crippen MR) is 79.7 cm³/mol. The standard InChI is InChI=1S/C14H12N4O3S/c1-20-10-3-2-4-11(7-10)21-9-13-12(8-19)16-17-18(13)14-15-5-6-22-14/h2-8H,9H2,1H3. The van der Waals surface area contributed by atoms with Gasteiger partial charge in [-0.2, -0.15) is 4.68 Å². The monoisotopic (exact) mass is 316 g/mol. The van der Waals surface area contributed by atoms with Gasteiger partial charge in [0.05, 0.1) is 7.11 Å². The average Bonchev–Trinajstić information content (AvgIpc) is 3.21. The van der Waals surface area contributed by atoms with Crippen molar-refractivity contribution >= 4 is 17.6 Å². The van der Waals surface area contributed by atoms with E-state index < -0.39 is 0 Å². The molecule has 0 fully saturated rings. The third kappa shape index (κ3) is 2.82. The molecule has 112 valence electrons. The van der Waals surface area contributed by atoms with Crippen molar-refractivity contribution < 1.29 is 14.3 Å². The number of hydrogen-bond acceptors (Lipinski definition) is 7. The number of nitrogens with zero attached hydrogens (tertiary/aromatic N) is 4. The van der Waals surface area contributed by atoms with Gasteiger partial charge in [-0.25, -0.2) is 4.98 Å². The van der Waals surface area contributed by atoms with Crippen LogP contribution in [0.5, 0.6) is 11.5 Å². The summed E-state index contributed by atoms with van der Waals surface area (Å²) >= 11 is 1.40. The molecule has 0 unspecified atom stereocenters. The molecule has 0 N–H and O–H groups in total. The molecule has 1 aromatic carbocycles. The third-order valence-electron chi connectivity index (χ3n) is 2.92. The first kappa shape index (κ1) is 14.2. The lowest BCUT2D eigenvalue weighted by atomic mass is 10.3. The van der Waals surface area contributed by atoms with Crippen LogP contribution >= 0.6 is 11.3 Å². The molecule has 0 radical (unpaired) electrons. The van der Waals surface area contributed by atoms with Crippen LogP contribution in [0, 0.1) is 0 Å². The number of carbonyl (C=O) groups excluding carboxylic acids is 1. The highest BCUT2D eigenvalue weighted by atomic mass is 32.1. The molecular weight excluding hydrogens is 304 g/mol. The fourth-order valence-corrected chi connectivity index (χ4v) is 2.47. The highest BCUT2D eigenvalue weighted by molar-refractivity contribution is 7.12. The van der Waals surface area contributed by atoms with Crippen LogP contribution in [0.3, 0.4) is 0 Å². The Hall–Kier alpha value is -2.74. The first-order valence-corrected chi connectivity index (χ1v) is 7.26. The molecule has 0 saturated carbocycles. The number of rotatable bonds is 6. The summed E-state index contributed by atoms with van der Waals surface area (Å²) in [6.45, 7) is 0.147. The number of methoxy groups -OCH3 is 1. The van der Waals surface area contributed by atoms with E-state index in [-0.39, 0.29) is 12.3 Å². The van der Waals surface area contributed by atoms with E-state index >= 15 is 0 Å². The van der Waals surface area contributed by atoms with E-state index in [0.29, 0.717) is 28.6 Å². The molecule has 0 spiro atoms. The molecule has 3 aromatic rings. The van der Waals surface area contributed by atoms with E-state index in [9.17, 15) is 4.79 Å². The summed E-state index contributed by atoms with van der Waals surface area (Å²) in [5.41, 5.74) is 0.783. The Morgan fingerprint density at radius 1 is 1.36 bits per heavy atom. The fraction of sp³-hybridized carbons (Fsp3) is 0.143. The van der Waals surface area contributed by atoms with E-state index in [4.69, 9.17) is 9.47 Å². The third-order valence-corrected chi connectivity index (χ3v) is 3.67. The zero-order chi connectivity index (χ0) is 15.4. The van der Waals surface area contributed by atoms with E-state index in [1.54, 1.807) is 25.4 Å². The minimum atomic E-state index is 0.147. The zero-order valence-electron chi connectivity index (χ0n) is 11.7. The minimum absolute atomic E-state index is 0.147. The van der Waals surface area contributed by atoms with Gasteiger partial charge in [-0.3, -0.25) is 4.79 Å². The van der Waals surface area contributed by atoms with Crippen molar-refractivity contribution in [3.05, 3.63) is 47.2 Å². The van der Waals surface area contributed by atoms with Gasteiger partial charge in [0.1, 0.15) is 23.8 Å². The first-order chi connectivity index (χ1) is 10.8. The maximum Gasteiger partial charge on any atom is 0.212 e.